The van der Waals surface area contributed by atoms with Crippen molar-refractivity contribution in [2.24, 2.45) is 7.05 Å². The molecule has 0 unspecified atom stereocenters. The lowest BCUT2D eigenvalue weighted by Crippen LogP contribution is -1.89. The molecule has 0 aliphatic heterocycles. The van der Waals surface area contributed by atoms with Gasteiger partial charge < -0.3 is 5.11 Å². The van der Waals surface area contributed by atoms with E-state index in [1.54, 1.807) is 36.1 Å². The molecule has 1 aromatic heterocycles. The highest BCUT2D eigenvalue weighted by molar-refractivity contribution is 5.85. The Balaban J connectivity index is 2.57. The molecule has 0 aliphatic carbocycles. The molecule has 76 valence electrons. The summed E-state index contributed by atoms with van der Waals surface area (Å²) in [6.07, 6.45) is 2.46. The highest BCUT2D eigenvalue weighted by Crippen LogP contribution is 2.24. The summed E-state index contributed by atoms with van der Waals surface area (Å²) in [5, 5.41) is 13.3. The Morgan fingerprint density at radius 2 is 2.27 bits per heavy atom. The lowest BCUT2D eigenvalue weighted by Gasteiger charge is -1.98. The molecule has 4 nitrogen and oxygen atoms in total. The molecule has 0 aliphatic rings. The minimum absolute atomic E-state index is 0.174. The maximum Gasteiger partial charge on any atom is 0.170 e. The predicted molar refractivity (Wildman–Crippen MR) is 55.7 cm³/mol. The summed E-state index contributed by atoms with van der Waals surface area (Å²) >= 11 is 0. The number of nitrogens with zero attached hydrogens (tertiary/aromatic N) is 2. The molecule has 2 aromatic rings. The lowest BCUT2D eigenvalue weighted by atomic mass is 10.1. The van der Waals surface area contributed by atoms with Crippen molar-refractivity contribution in [3.05, 3.63) is 36.2 Å². The van der Waals surface area contributed by atoms with Crippen LogP contribution in [-0.4, -0.2) is 21.2 Å². The average molecular weight is 202 g/mol. The zero-order valence-corrected chi connectivity index (χ0v) is 8.21. The van der Waals surface area contributed by atoms with E-state index in [0.29, 0.717) is 12.0 Å². The van der Waals surface area contributed by atoms with Gasteiger partial charge in [0, 0.05) is 18.8 Å². The van der Waals surface area contributed by atoms with Crippen molar-refractivity contribution >= 4 is 6.29 Å². The molecule has 4 heteroatoms. The number of carbonyl (C=O) groups is 1. The number of carbonyl (C=O) groups excluding carboxylic acids is 1. The van der Waals surface area contributed by atoms with Gasteiger partial charge in [-0.3, -0.25) is 9.48 Å². The maximum atomic E-state index is 10.8. The van der Waals surface area contributed by atoms with Crippen LogP contribution in [0.25, 0.3) is 11.1 Å². The van der Waals surface area contributed by atoms with E-state index in [9.17, 15) is 9.90 Å². The van der Waals surface area contributed by atoms with Crippen LogP contribution in [0, 0.1) is 0 Å². The lowest BCUT2D eigenvalue weighted by molar-refractivity contribution is 0.111. The molecule has 0 fully saturated rings. The van der Waals surface area contributed by atoms with Crippen LogP contribution in [0.3, 0.4) is 0 Å². The molecule has 0 saturated carbocycles. The minimum atomic E-state index is 0.174. The van der Waals surface area contributed by atoms with Crippen LogP contribution >= 0.6 is 0 Å². The third-order valence-electron chi connectivity index (χ3n) is 2.13. The molecule has 0 atom stereocenters. The zero-order chi connectivity index (χ0) is 10.8. The molecule has 1 aromatic carbocycles. The first-order valence-corrected chi connectivity index (χ1v) is 4.49. The summed E-state index contributed by atoms with van der Waals surface area (Å²) in [5.74, 6) is 0.174. The third kappa shape index (κ3) is 1.74. The first-order chi connectivity index (χ1) is 7.20. The van der Waals surface area contributed by atoms with Gasteiger partial charge in [-0.05, 0) is 17.7 Å². The second kappa shape index (κ2) is 3.57. The van der Waals surface area contributed by atoms with E-state index in [4.69, 9.17) is 0 Å². The van der Waals surface area contributed by atoms with Crippen molar-refractivity contribution in [3.8, 4) is 16.9 Å². The van der Waals surface area contributed by atoms with Crippen molar-refractivity contribution < 1.29 is 9.90 Å². The highest BCUT2D eigenvalue weighted by atomic mass is 16.3. The number of hydrogen-bond acceptors (Lipinski definition) is 3. The van der Waals surface area contributed by atoms with Crippen molar-refractivity contribution in [1.82, 2.24) is 9.78 Å². The summed E-state index contributed by atoms with van der Waals surface area (Å²) in [4.78, 5) is 10.8. The molecule has 0 bridgehead atoms. The van der Waals surface area contributed by atoms with Gasteiger partial charge in [-0.15, -0.1) is 0 Å². The van der Waals surface area contributed by atoms with E-state index >= 15 is 0 Å². The third-order valence-corrected chi connectivity index (χ3v) is 2.13. The smallest absolute Gasteiger partial charge is 0.170 e. The van der Waals surface area contributed by atoms with Gasteiger partial charge in [0.05, 0.1) is 0 Å². The van der Waals surface area contributed by atoms with Crippen LogP contribution in [0.5, 0.6) is 5.75 Å². The zero-order valence-electron chi connectivity index (χ0n) is 8.21. The predicted octanol–water partition coefficient (Wildman–Crippen LogP) is 1.61. The number of aryl methyl sites for hydroxylation is 1. The van der Waals surface area contributed by atoms with Crippen LogP contribution < -0.4 is 0 Å². The SMILES string of the molecule is Cn1cc(-c2cccc(O)c2)c(C=O)n1. The Morgan fingerprint density at radius 3 is 2.93 bits per heavy atom. The fraction of sp³-hybridized carbons (Fsp3) is 0.0909. The Morgan fingerprint density at radius 1 is 1.47 bits per heavy atom. The number of hydrogen-bond donors (Lipinski definition) is 1. The summed E-state index contributed by atoms with van der Waals surface area (Å²) in [7, 11) is 1.75. The molecule has 1 heterocycles. The van der Waals surface area contributed by atoms with Gasteiger partial charge in [0.25, 0.3) is 0 Å². The van der Waals surface area contributed by atoms with Crippen LogP contribution in [0.15, 0.2) is 30.5 Å². The van der Waals surface area contributed by atoms with Gasteiger partial charge in [0.1, 0.15) is 11.4 Å². The molecule has 2 rings (SSSR count). The summed E-state index contributed by atoms with van der Waals surface area (Å²) < 4.78 is 1.57. The monoisotopic (exact) mass is 202 g/mol. The van der Waals surface area contributed by atoms with E-state index in [2.05, 4.69) is 5.10 Å². The molecule has 15 heavy (non-hydrogen) atoms. The molecule has 0 radical (unpaired) electrons. The molecule has 1 N–H and O–H groups in total. The molecular formula is C11H10N2O2. The van der Waals surface area contributed by atoms with Crippen molar-refractivity contribution in [2.75, 3.05) is 0 Å². The van der Waals surface area contributed by atoms with E-state index in [0.717, 1.165) is 11.1 Å². The quantitative estimate of drug-likeness (QED) is 0.752. The van der Waals surface area contributed by atoms with Gasteiger partial charge in [-0.1, -0.05) is 12.1 Å². The second-order valence-corrected chi connectivity index (χ2v) is 3.27. The summed E-state index contributed by atoms with van der Waals surface area (Å²) in [6, 6.07) is 6.74. The van der Waals surface area contributed by atoms with Crippen LogP contribution in [0.1, 0.15) is 10.5 Å². The molecule has 0 spiro atoms. The van der Waals surface area contributed by atoms with Crippen molar-refractivity contribution in [1.29, 1.82) is 0 Å². The van der Waals surface area contributed by atoms with E-state index < -0.39 is 0 Å². The Hall–Kier alpha value is -2.10. The highest BCUT2D eigenvalue weighted by Gasteiger charge is 2.08. The Labute approximate surface area is 86.8 Å². The number of aromatic hydroxyl groups is 1. The fourth-order valence-corrected chi connectivity index (χ4v) is 1.49. The number of rotatable bonds is 2. The number of phenols is 1. The summed E-state index contributed by atoms with van der Waals surface area (Å²) in [5.41, 5.74) is 1.89. The van der Waals surface area contributed by atoms with Crippen LogP contribution in [0.2, 0.25) is 0 Å². The number of aldehydes is 1. The minimum Gasteiger partial charge on any atom is -0.508 e. The van der Waals surface area contributed by atoms with Crippen LogP contribution in [0.4, 0.5) is 0 Å². The van der Waals surface area contributed by atoms with Crippen molar-refractivity contribution in [2.45, 2.75) is 0 Å². The van der Waals surface area contributed by atoms with E-state index in [1.165, 1.54) is 0 Å². The largest absolute Gasteiger partial charge is 0.508 e. The number of benzene rings is 1. The molecule has 0 saturated heterocycles. The van der Waals surface area contributed by atoms with Crippen LogP contribution in [-0.2, 0) is 7.05 Å². The van der Waals surface area contributed by atoms with E-state index in [1.807, 2.05) is 6.07 Å². The number of phenolic OH excluding ortho intramolecular Hbond substituents is 1. The average Bonchev–Trinajstić information content (AvgIpc) is 2.59. The molecular weight excluding hydrogens is 192 g/mol. The van der Waals surface area contributed by atoms with Crippen molar-refractivity contribution in [3.63, 3.8) is 0 Å². The Bertz CT molecular complexity index is 503. The van der Waals surface area contributed by atoms with Gasteiger partial charge in [-0.2, -0.15) is 5.10 Å². The maximum absolute atomic E-state index is 10.8. The summed E-state index contributed by atoms with van der Waals surface area (Å²) in [6.45, 7) is 0. The van der Waals surface area contributed by atoms with Gasteiger partial charge in [0.15, 0.2) is 6.29 Å². The Kier molecular flexibility index (Phi) is 2.25. The van der Waals surface area contributed by atoms with Gasteiger partial charge >= 0.3 is 0 Å². The fourth-order valence-electron chi connectivity index (χ4n) is 1.49. The van der Waals surface area contributed by atoms with E-state index in [-0.39, 0.29) is 5.75 Å². The second-order valence-electron chi connectivity index (χ2n) is 3.27. The van der Waals surface area contributed by atoms with Gasteiger partial charge in [0.2, 0.25) is 0 Å². The number of aromatic nitrogens is 2. The molecule has 0 amide bonds. The topological polar surface area (TPSA) is 55.1 Å². The standard InChI is InChI=1S/C11H10N2O2/c1-13-6-10(11(7-14)12-13)8-3-2-4-9(15)5-8/h2-7,15H,1H3. The normalized spacial score (nSPS) is 10.2. The first-order valence-electron chi connectivity index (χ1n) is 4.49. The first kappa shape index (κ1) is 9.45. The van der Waals surface area contributed by atoms with Gasteiger partial charge in [-0.25, -0.2) is 0 Å².